The summed E-state index contributed by atoms with van der Waals surface area (Å²) in [6.07, 6.45) is 20.5. The fourth-order valence-corrected chi connectivity index (χ4v) is 3.43. The highest BCUT2D eigenvalue weighted by Gasteiger charge is 2.03. The number of hydrogen-bond donors (Lipinski definition) is 0. The lowest BCUT2D eigenvalue weighted by atomic mass is 10.0. The van der Waals surface area contributed by atoms with Crippen molar-refractivity contribution in [3.63, 3.8) is 0 Å². The topological polar surface area (TPSA) is 17.1 Å². The molecule has 0 radical (unpaired) electrons. The Morgan fingerprint density at radius 1 is 0.640 bits per heavy atom. The molecule has 1 aromatic rings. The summed E-state index contributed by atoms with van der Waals surface area (Å²) in [4.78, 5) is 11.9. The van der Waals surface area contributed by atoms with Crippen molar-refractivity contribution in [1.29, 1.82) is 0 Å². The van der Waals surface area contributed by atoms with E-state index in [1.54, 1.807) is 0 Å². The van der Waals surface area contributed by atoms with Gasteiger partial charge in [-0.15, -0.1) is 0 Å². The number of rotatable bonds is 17. The normalized spacial score (nSPS) is 10.9. The predicted molar refractivity (Wildman–Crippen MR) is 110 cm³/mol. The van der Waals surface area contributed by atoms with Crippen molar-refractivity contribution in [3.8, 4) is 0 Å². The molecule has 0 amide bonds. The third kappa shape index (κ3) is 13.8. The molecular weight excluding hydrogens is 304 g/mol. The van der Waals surface area contributed by atoms with Gasteiger partial charge in [0.15, 0.2) is 0 Å². The number of ketones is 1. The standard InChI is InChI=1S/C24H40O/c1-2-3-4-5-6-7-8-9-10-11-12-13-14-18-21-24(25)22-23-19-16-15-17-20-23/h15-17,19-20H,2-14,18,21-22H2,1H3. The van der Waals surface area contributed by atoms with Crippen molar-refractivity contribution >= 4 is 5.78 Å². The first-order valence-corrected chi connectivity index (χ1v) is 10.9. The van der Waals surface area contributed by atoms with Crippen LogP contribution in [0.5, 0.6) is 0 Å². The number of hydrogen-bond acceptors (Lipinski definition) is 1. The van der Waals surface area contributed by atoms with Gasteiger partial charge in [-0.3, -0.25) is 4.79 Å². The number of Topliss-reactive ketones (excluding diaryl/α,β-unsaturated/α-hetero) is 1. The molecule has 25 heavy (non-hydrogen) atoms. The number of carbonyl (C=O) groups is 1. The second-order valence-corrected chi connectivity index (χ2v) is 7.55. The molecule has 0 heterocycles. The summed E-state index contributed by atoms with van der Waals surface area (Å²) in [6, 6.07) is 10.1. The molecule has 0 bridgehead atoms. The number of unbranched alkanes of at least 4 members (excludes halogenated alkanes) is 13. The Hall–Kier alpha value is -1.11. The van der Waals surface area contributed by atoms with Crippen LogP contribution in [0.3, 0.4) is 0 Å². The molecule has 1 nitrogen and oxygen atoms in total. The molecule has 1 rings (SSSR count). The fourth-order valence-electron chi connectivity index (χ4n) is 3.43. The Bertz CT molecular complexity index is 409. The second kappa shape index (κ2) is 16.4. The Kier molecular flexibility index (Phi) is 14.4. The molecule has 0 unspecified atom stereocenters. The van der Waals surface area contributed by atoms with E-state index in [4.69, 9.17) is 0 Å². The van der Waals surface area contributed by atoms with Crippen molar-refractivity contribution in [1.82, 2.24) is 0 Å². The molecule has 0 aliphatic heterocycles. The van der Waals surface area contributed by atoms with Crippen molar-refractivity contribution in [3.05, 3.63) is 35.9 Å². The van der Waals surface area contributed by atoms with Gasteiger partial charge in [0.25, 0.3) is 0 Å². The Labute approximate surface area is 156 Å². The maximum atomic E-state index is 11.9. The van der Waals surface area contributed by atoms with Gasteiger partial charge in [-0.05, 0) is 12.0 Å². The van der Waals surface area contributed by atoms with E-state index in [0.29, 0.717) is 12.2 Å². The zero-order chi connectivity index (χ0) is 18.0. The monoisotopic (exact) mass is 344 g/mol. The SMILES string of the molecule is CCCCCCCCCCCCCCCCC(=O)Cc1ccccc1. The van der Waals surface area contributed by atoms with Crippen LogP contribution in [0.2, 0.25) is 0 Å². The van der Waals surface area contributed by atoms with Gasteiger partial charge in [-0.2, -0.15) is 0 Å². The largest absolute Gasteiger partial charge is 0.299 e. The fraction of sp³-hybridized carbons (Fsp3) is 0.708. The van der Waals surface area contributed by atoms with Gasteiger partial charge < -0.3 is 0 Å². The molecule has 0 aromatic heterocycles. The molecule has 1 aromatic carbocycles. The third-order valence-electron chi connectivity index (χ3n) is 5.05. The predicted octanol–water partition coefficient (Wildman–Crippen LogP) is 7.67. The van der Waals surface area contributed by atoms with E-state index in [1.807, 2.05) is 30.3 Å². The van der Waals surface area contributed by atoms with Crippen LogP contribution in [0.15, 0.2) is 30.3 Å². The highest BCUT2D eigenvalue weighted by Crippen LogP contribution is 2.13. The van der Waals surface area contributed by atoms with Crippen molar-refractivity contribution in [2.24, 2.45) is 0 Å². The van der Waals surface area contributed by atoms with Gasteiger partial charge in [0.2, 0.25) is 0 Å². The summed E-state index contributed by atoms with van der Waals surface area (Å²) in [7, 11) is 0. The summed E-state index contributed by atoms with van der Waals surface area (Å²) in [5, 5.41) is 0. The Balaban J connectivity index is 1.79. The average molecular weight is 345 g/mol. The van der Waals surface area contributed by atoms with Crippen LogP contribution in [0.4, 0.5) is 0 Å². The van der Waals surface area contributed by atoms with Crippen molar-refractivity contribution < 1.29 is 4.79 Å². The van der Waals surface area contributed by atoms with E-state index in [1.165, 1.54) is 83.5 Å². The van der Waals surface area contributed by atoms with Crippen LogP contribution in [0.25, 0.3) is 0 Å². The zero-order valence-corrected chi connectivity index (χ0v) is 16.6. The summed E-state index contributed by atoms with van der Waals surface area (Å²) in [5.41, 5.74) is 1.15. The molecule has 0 saturated carbocycles. The smallest absolute Gasteiger partial charge is 0.137 e. The maximum Gasteiger partial charge on any atom is 0.137 e. The third-order valence-corrected chi connectivity index (χ3v) is 5.05. The first-order valence-electron chi connectivity index (χ1n) is 10.9. The van der Waals surface area contributed by atoms with Gasteiger partial charge in [0.05, 0.1) is 0 Å². The van der Waals surface area contributed by atoms with E-state index in [0.717, 1.165) is 18.4 Å². The van der Waals surface area contributed by atoms with E-state index >= 15 is 0 Å². The summed E-state index contributed by atoms with van der Waals surface area (Å²) in [6.45, 7) is 2.28. The molecular formula is C24H40O. The van der Waals surface area contributed by atoms with E-state index < -0.39 is 0 Å². The first kappa shape index (κ1) is 21.9. The van der Waals surface area contributed by atoms with E-state index in [2.05, 4.69) is 6.92 Å². The molecule has 1 heteroatoms. The van der Waals surface area contributed by atoms with Crippen LogP contribution < -0.4 is 0 Å². The molecule has 0 atom stereocenters. The molecule has 0 fully saturated rings. The zero-order valence-electron chi connectivity index (χ0n) is 16.6. The summed E-state index contributed by atoms with van der Waals surface area (Å²) in [5.74, 6) is 0.394. The lowest BCUT2D eigenvalue weighted by Crippen LogP contribution is -2.02. The van der Waals surface area contributed by atoms with Crippen LogP contribution >= 0.6 is 0 Å². The Morgan fingerprint density at radius 2 is 1.08 bits per heavy atom. The molecule has 0 spiro atoms. The van der Waals surface area contributed by atoms with Gasteiger partial charge in [-0.1, -0.05) is 121 Å². The maximum absolute atomic E-state index is 11.9. The summed E-state index contributed by atoms with van der Waals surface area (Å²) >= 11 is 0. The lowest BCUT2D eigenvalue weighted by molar-refractivity contribution is -0.118. The highest BCUT2D eigenvalue weighted by molar-refractivity contribution is 5.80. The molecule has 0 aliphatic rings. The van der Waals surface area contributed by atoms with Crippen LogP contribution in [-0.2, 0) is 11.2 Å². The minimum Gasteiger partial charge on any atom is -0.299 e. The van der Waals surface area contributed by atoms with Crippen LogP contribution in [0, 0.1) is 0 Å². The summed E-state index contributed by atoms with van der Waals surface area (Å²) < 4.78 is 0. The van der Waals surface area contributed by atoms with Crippen LogP contribution in [-0.4, -0.2) is 5.78 Å². The van der Waals surface area contributed by atoms with Gasteiger partial charge in [-0.25, -0.2) is 0 Å². The Morgan fingerprint density at radius 3 is 1.56 bits per heavy atom. The van der Waals surface area contributed by atoms with Crippen LogP contribution in [0.1, 0.15) is 109 Å². The second-order valence-electron chi connectivity index (χ2n) is 7.55. The quantitative estimate of drug-likeness (QED) is 0.265. The number of carbonyl (C=O) groups excluding carboxylic acids is 1. The van der Waals surface area contributed by atoms with Gasteiger partial charge in [0, 0.05) is 12.8 Å². The van der Waals surface area contributed by atoms with Gasteiger partial charge in [0.1, 0.15) is 5.78 Å². The molecule has 0 aliphatic carbocycles. The van der Waals surface area contributed by atoms with E-state index in [-0.39, 0.29) is 0 Å². The minimum absolute atomic E-state index is 0.394. The molecule has 0 saturated heterocycles. The highest BCUT2D eigenvalue weighted by atomic mass is 16.1. The minimum atomic E-state index is 0.394. The molecule has 0 N–H and O–H groups in total. The van der Waals surface area contributed by atoms with Crippen molar-refractivity contribution in [2.45, 2.75) is 110 Å². The van der Waals surface area contributed by atoms with Gasteiger partial charge >= 0.3 is 0 Å². The number of benzene rings is 1. The molecule has 142 valence electrons. The lowest BCUT2D eigenvalue weighted by Gasteiger charge is -2.04. The average Bonchev–Trinajstić information content (AvgIpc) is 2.63. The first-order chi connectivity index (χ1) is 12.3. The van der Waals surface area contributed by atoms with Crippen molar-refractivity contribution in [2.75, 3.05) is 0 Å². The van der Waals surface area contributed by atoms with E-state index in [9.17, 15) is 4.79 Å².